The minimum Gasteiger partial charge on any atom is -0.462 e. The molecule has 0 aliphatic heterocycles. The third kappa shape index (κ3) is 5.83. The molecule has 0 fully saturated rings. The summed E-state index contributed by atoms with van der Waals surface area (Å²) in [5.41, 5.74) is 2.05. The molecule has 1 heterocycles. The second kappa shape index (κ2) is 9.93. The third-order valence-corrected chi connectivity index (χ3v) is 4.05. The molecule has 0 unspecified atom stereocenters. The summed E-state index contributed by atoms with van der Waals surface area (Å²) in [4.78, 5) is 22.5. The predicted octanol–water partition coefficient (Wildman–Crippen LogP) is 5.67. The molecule has 0 N–H and O–H groups in total. The van der Waals surface area contributed by atoms with E-state index in [1.807, 2.05) is 36.4 Å². The van der Waals surface area contributed by atoms with Gasteiger partial charge in [-0.1, -0.05) is 13.2 Å². The normalized spacial score (nSPS) is 10.5. The second-order valence-corrected chi connectivity index (χ2v) is 6.41. The number of esters is 2. The van der Waals surface area contributed by atoms with Crippen LogP contribution in [0.25, 0.3) is 22.6 Å². The van der Waals surface area contributed by atoms with Gasteiger partial charge in [0.1, 0.15) is 35.5 Å². The van der Waals surface area contributed by atoms with Crippen molar-refractivity contribution in [3.05, 3.63) is 98.0 Å². The van der Waals surface area contributed by atoms with Crippen LogP contribution in [0.4, 0.5) is 0 Å². The van der Waals surface area contributed by atoms with E-state index >= 15 is 0 Å². The van der Waals surface area contributed by atoms with Crippen molar-refractivity contribution in [1.29, 1.82) is 0 Å². The lowest BCUT2D eigenvalue weighted by Gasteiger charge is -2.04. The number of hydrogen-bond donors (Lipinski definition) is 0. The Morgan fingerprint density at radius 1 is 0.839 bits per heavy atom. The van der Waals surface area contributed by atoms with E-state index in [4.69, 9.17) is 13.9 Å². The monoisotopic (exact) mass is 416 g/mol. The molecule has 0 amide bonds. The average molecular weight is 416 g/mol. The Hall–Kier alpha value is -4.32. The Kier molecular flexibility index (Phi) is 6.85. The lowest BCUT2D eigenvalue weighted by molar-refractivity contribution is -0.132. The molecule has 0 radical (unpaired) electrons. The molecule has 0 aliphatic rings. The third-order valence-electron chi connectivity index (χ3n) is 4.05. The topological polar surface area (TPSA) is 75.0 Å². The Bertz CT molecular complexity index is 1120. The minimum absolute atomic E-state index is 0.336. The Morgan fingerprint density at radius 2 is 1.39 bits per heavy atom. The zero-order chi connectivity index (χ0) is 22.2. The van der Waals surface area contributed by atoms with Crippen LogP contribution in [0.5, 0.6) is 11.5 Å². The van der Waals surface area contributed by atoms with Crippen molar-refractivity contribution in [3.63, 3.8) is 0 Å². The smallest absolute Gasteiger partial charge is 0.338 e. The lowest BCUT2D eigenvalue weighted by Crippen LogP contribution is -2.07. The number of furan rings is 1. The van der Waals surface area contributed by atoms with Gasteiger partial charge in [-0.2, -0.15) is 0 Å². The van der Waals surface area contributed by atoms with Gasteiger partial charge in [0.15, 0.2) is 0 Å². The van der Waals surface area contributed by atoms with E-state index < -0.39 is 11.9 Å². The molecule has 6 nitrogen and oxygen atoms in total. The zero-order valence-electron chi connectivity index (χ0n) is 16.9. The first-order chi connectivity index (χ1) is 15.0. The van der Waals surface area contributed by atoms with Crippen LogP contribution in [0, 0.1) is 0 Å². The van der Waals surface area contributed by atoms with Crippen molar-refractivity contribution in [3.8, 4) is 34.1 Å². The standard InChI is InChI=1S/C25H20O6/c1-4-24(26)29-16-15-28-20-9-5-18(6-10-20)22-13-14-23(31-22)19-7-11-21(12-8-19)30-25(27)17(2)3/h4-16H,1-2H2,3H3/b16-15-. The molecular formula is C25H20O6. The van der Waals surface area contributed by atoms with Gasteiger partial charge in [0.25, 0.3) is 0 Å². The quantitative estimate of drug-likeness (QED) is 0.204. The molecule has 0 aliphatic carbocycles. The first kappa shape index (κ1) is 21.4. The minimum atomic E-state index is -0.564. The van der Waals surface area contributed by atoms with E-state index in [2.05, 4.69) is 17.9 Å². The highest BCUT2D eigenvalue weighted by molar-refractivity contribution is 5.88. The van der Waals surface area contributed by atoms with Crippen LogP contribution in [-0.4, -0.2) is 11.9 Å². The molecule has 0 atom stereocenters. The van der Waals surface area contributed by atoms with Crippen molar-refractivity contribution in [1.82, 2.24) is 0 Å². The van der Waals surface area contributed by atoms with Crippen LogP contribution in [0.2, 0.25) is 0 Å². The van der Waals surface area contributed by atoms with Crippen molar-refractivity contribution in [2.45, 2.75) is 6.92 Å². The second-order valence-electron chi connectivity index (χ2n) is 6.41. The van der Waals surface area contributed by atoms with E-state index in [0.717, 1.165) is 23.5 Å². The number of carbonyl (C=O) groups is 2. The molecule has 0 saturated heterocycles. The van der Waals surface area contributed by atoms with E-state index in [9.17, 15) is 9.59 Å². The Balaban J connectivity index is 1.64. The summed E-state index contributed by atoms with van der Waals surface area (Å²) in [5, 5.41) is 0. The lowest BCUT2D eigenvalue weighted by atomic mass is 10.1. The fourth-order valence-corrected chi connectivity index (χ4v) is 2.48. The van der Waals surface area contributed by atoms with Crippen molar-refractivity contribution < 1.29 is 28.2 Å². The van der Waals surface area contributed by atoms with Gasteiger partial charge in [-0.25, -0.2) is 9.59 Å². The largest absolute Gasteiger partial charge is 0.462 e. The number of benzene rings is 2. The van der Waals surface area contributed by atoms with Crippen LogP contribution in [0.1, 0.15) is 6.92 Å². The summed E-state index contributed by atoms with van der Waals surface area (Å²) >= 11 is 0. The predicted molar refractivity (Wildman–Crippen MR) is 116 cm³/mol. The van der Waals surface area contributed by atoms with Gasteiger partial charge < -0.3 is 18.6 Å². The maximum absolute atomic E-state index is 11.6. The molecule has 0 bridgehead atoms. The van der Waals surface area contributed by atoms with Gasteiger partial charge in [-0.05, 0) is 67.6 Å². The fraction of sp³-hybridized carbons (Fsp3) is 0.0400. The molecule has 1 aromatic heterocycles. The summed E-state index contributed by atoms with van der Waals surface area (Å²) in [7, 11) is 0. The highest BCUT2D eigenvalue weighted by Gasteiger charge is 2.09. The van der Waals surface area contributed by atoms with Crippen molar-refractivity contribution in [2.24, 2.45) is 0 Å². The Morgan fingerprint density at radius 3 is 1.90 bits per heavy atom. The summed E-state index contributed by atoms with van der Waals surface area (Å²) < 4.78 is 21.2. The first-order valence-corrected chi connectivity index (χ1v) is 9.29. The fourth-order valence-electron chi connectivity index (χ4n) is 2.48. The van der Waals surface area contributed by atoms with Crippen LogP contribution in [-0.2, 0) is 14.3 Å². The maximum Gasteiger partial charge on any atom is 0.338 e. The van der Waals surface area contributed by atoms with Gasteiger partial charge in [-0.15, -0.1) is 0 Å². The summed E-state index contributed by atoms with van der Waals surface area (Å²) in [6.07, 6.45) is 3.46. The van der Waals surface area contributed by atoms with E-state index in [1.54, 1.807) is 31.2 Å². The van der Waals surface area contributed by atoms with Gasteiger partial charge in [-0.3, -0.25) is 0 Å². The Labute approximate surface area is 179 Å². The van der Waals surface area contributed by atoms with Gasteiger partial charge in [0, 0.05) is 22.8 Å². The van der Waals surface area contributed by atoms with Crippen LogP contribution < -0.4 is 9.47 Å². The summed E-state index contributed by atoms with van der Waals surface area (Å²) in [6, 6.07) is 18.0. The number of rotatable bonds is 8. The van der Waals surface area contributed by atoms with Crippen molar-refractivity contribution in [2.75, 3.05) is 0 Å². The average Bonchev–Trinajstić information content (AvgIpc) is 3.27. The molecule has 156 valence electrons. The first-order valence-electron chi connectivity index (χ1n) is 9.29. The SMILES string of the molecule is C=CC(=O)O/C=C\Oc1ccc(-c2ccc(-c3ccc(OC(=O)C(=C)C)cc3)o2)cc1. The van der Waals surface area contributed by atoms with E-state index in [0.29, 0.717) is 28.6 Å². The summed E-state index contributed by atoms with van der Waals surface area (Å²) in [6.45, 7) is 8.45. The number of ether oxygens (including phenoxy) is 3. The van der Waals surface area contributed by atoms with E-state index in [1.165, 1.54) is 6.26 Å². The molecular weight excluding hydrogens is 396 g/mol. The summed E-state index contributed by atoms with van der Waals surface area (Å²) in [5.74, 6) is 1.35. The molecule has 3 rings (SSSR count). The maximum atomic E-state index is 11.6. The van der Waals surface area contributed by atoms with Crippen molar-refractivity contribution >= 4 is 11.9 Å². The molecule has 6 heteroatoms. The van der Waals surface area contributed by atoms with Gasteiger partial charge in [0.05, 0.1) is 0 Å². The molecule has 0 spiro atoms. The molecule has 2 aromatic carbocycles. The van der Waals surface area contributed by atoms with E-state index in [-0.39, 0.29) is 0 Å². The van der Waals surface area contributed by atoms with Crippen LogP contribution in [0.15, 0.2) is 102 Å². The van der Waals surface area contributed by atoms with Crippen LogP contribution >= 0.6 is 0 Å². The number of carbonyl (C=O) groups excluding carboxylic acids is 2. The number of hydrogen-bond acceptors (Lipinski definition) is 6. The van der Waals surface area contributed by atoms with Gasteiger partial charge >= 0.3 is 11.9 Å². The molecule has 0 saturated carbocycles. The van der Waals surface area contributed by atoms with Gasteiger partial charge in [0.2, 0.25) is 0 Å². The zero-order valence-corrected chi connectivity index (χ0v) is 16.9. The highest BCUT2D eigenvalue weighted by atomic mass is 16.5. The molecule has 31 heavy (non-hydrogen) atoms. The molecule has 3 aromatic rings. The van der Waals surface area contributed by atoms with Crippen LogP contribution in [0.3, 0.4) is 0 Å². The highest BCUT2D eigenvalue weighted by Crippen LogP contribution is 2.30.